The van der Waals surface area contributed by atoms with E-state index in [0.29, 0.717) is 5.92 Å². The molecule has 2 heterocycles. The van der Waals surface area contributed by atoms with Gasteiger partial charge in [0.15, 0.2) is 0 Å². The molecule has 1 saturated heterocycles. The van der Waals surface area contributed by atoms with E-state index >= 15 is 0 Å². The zero-order valence-electron chi connectivity index (χ0n) is 8.09. The Labute approximate surface area is 78.9 Å². The molecule has 13 heavy (non-hydrogen) atoms. The summed E-state index contributed by atoms with van der Waals surface area (Å²) >= 11 is 0. The number of hydrogen-bond acceptors (Lipinski definition) is 2. The number of hydrogen-bond donors (Lipinski definition) is 2. The van der Waals surface area contributed by atoms with Gasteiger partial charge < -0.3 is 5.32 Å². The average Bonchev–Trinajstić information content (AvgIpc) is 2.71. The second-order valence-corrected chi connectivity index (χ2v) is 3.91. The van der Waals surface area contributed by atoms with Crippen molar-refractivity contribution in [2.75, 3.05) is 13.1 Å². The lowest BCUT2D eigenvalue weighted by Crippen LogP contribution is -2.30. The molecule has 0 aliphatic carbocycles. The first-order valence-electron chi connectivity index (χ1n) is 5.07. The Balaban J connectivity index is 1.99. The van der Waals surface area contributed by atoms with Gasteiger partial charge in [-0.15, -0.1) is 0 Å². The summed E-state index contributed by atoms with van der Waals surface area (Å²) in [6.45, 7) is 4.65. The summed E-state index contributed by atoms with van der Waals surface area (Å²) < 4.78 is 0. The molecule has 3 heteroatoms. The van der Waals surface area contributed by atoms with E-state index in [2.05, 4.69) is 22.4 Å². The summed E-state index contributed by atoms with van der Waals surface area (Å²) in [5.41, 5.74) is 1.35. The van der Waals surface area contributed by atoms with Crippen LogP contribution in [0.5, 0.6) is 0 Å². The van der Waals surface area contributed by atoms with Crippen molar-refractivity contribution in [1.29, 1.82) is 0 Å². The molecule has 0 spiro atoms. The number of nitrogens with one attached hydrogen (secondary N) is 2. The largest absolute Gasteiger partial charge is 0.317 e. The highest BCUT2D eigenvalue weighted by Crippen LogP contribution is 2.29. The predicted molar refractivity (Wildman–Crippen MR) is 52.6 cm³/mol. The average molecular weight is 179 g/mol. The molecule has 1 aromatic heterocycles. The van der Waals surface area contributed by atoms with Gasteiger partial charge in [-0.05, 0) is 43.3 Å². The van der Waals surface area contributed by atoms with Crippen LogP contribution in [0.15, 0.2) is 12.4 Å². The molecule has 0 bridgehead atoms. The molecular formula is C10H17N3. The molecule has 1 aromatic rings. The fourth-order valence-corrected chi connectivity index (χ4v) is 2.13. The topological polar surface area (TPSA) is 40.7 Å². The Morgan fingerprint density at radius 1 is 1.46 bits per heavy atom. The molecule has 1 fully saturated rings. The van der Waals surface area contributed by atoms with E-state index in [-0.39, 0.29) is 0 Å². The number of nitrogens with zero attached hydrogens (tertiary/aromatic N) is 1. The molecule has 1 aliphatic rings. The van der Waals surface area contributed by atoms with Gasteiger partial charge in [0.1, 0.15) is 0 Å². The first-order chi connectivity index (χ1) is 6.38. The van der Waals surface area contributed by atoms with Crippen LogP contribution >= 0.6 is 0 Å². The van der Waals surface area contributed by atoms with Crippen molar-refractivity contribution < 1.29 is 0 Å². The molecule has 3 nitrogen and oxygen atoms in total. The highest BCUT2D eigenvalue weighted by molar-refractivity contribution is 5.10. The summed E-state index contributed by atoms with van der Waals surface area (Å²) in [4.78, 5) is 0. The van der Waals surface area contributed by atoms with Gasteiger partial charge in [0.05, 0.1) is 6.20 Å². The van der Waals surface area contributed by atoms with E-state index in [0.717, 1.165) is 5.92 Å². The molecule has 2 rings (SSSR count). The van der Waals surface area contributed by atoms with Crippen molar-refractivity contribution in [3.63, 3.8) is 0 Å². The second kappa shape index (κ2) is 3.92. The minimum absolute atomic E-state index is 0.654. The monoisotopic (exact) mass is 179 g/mol. The fraction of sp³-hybridized carbons (Fsp3) is 0.700. The third-order valence-corrected chi connectivity index (χ3v) is 3.14. The van der Waals surface area contributed by atoms with Crippen molar-refractivity contribution in [1.82, 2.24) is 15.5 Å². The maximum Gasteiger partial charge on any atom is 0.0522 e. The molecule has 0 saturated carbocycles. The number of aromatic amines is 1. The standard InChI is InChI=1S/C10H17N3/c1-8(10-6-12-13-7-10)9-2-4-11-5-3-9/h6-9,11H,2-5H2,1H3,(H,12,13). The Morgan fingerprint density at radius 2 is 2.23 bits per heavy atom. The highest BCUT2D eigenvalue weighted by Gasteiger charge is 2.21. The van der Waals surface area contributed by atoms with Gasteiger partial charge in [0.25, 0.3) is 0 Å². The minimum atomic E-state index is 0.654. The molecule has 1 unspecified atom stereocenters. The molecule has 0 aromatic carbocycles. The van der Waals surface area contributed by atoms with Gasteiger partial charge >= 0.3 is 0 Å². The molecule has 0 amide bonds. The molecule has 1 atom stereocenters. The lowest BCUT2D eigenvalue weighted by molar-refractivity contribution is 0.330. The normalized spacial score (nSPS) is 21.6. The van der Waals surface area contributed by atoms with E-state index in [1.54, 1.807) is 0 Å². The molecule has 72 valence electrons. The van der Waals surface area contributed by atoms with E-state index < -0.39 is 0 Å². The van der Waals surface area contributed by atoms with Crippen LogP contribution in [0.4, 0.5) is 0 Å². The summed E-state index contributed by atoms with van der Waals surface area (Å²) in [6, 6.07) is 0. The zero-order valence-corrected chi connectivity index (χ0v) is 8.09. The minimum Gasteiger partial charge on any atom is -0.317 e. The zero-order chi connectivity index (χ0) is 9.10. The maximum atomic E-state index is 4.00. The van der Waals surface area contributed by atoms with Gasteiger partial charge in [-0.1, -0.05) is 6.92 Å². The Morgan fingerprint density at radius 3 is 2.85 bits per heavy atom. The Bertz CT molecular complexity index is 237. The number of H-pyrrole nitrogens is 1. The lowest BCUT2D eigenvalue weighted by Gasteiger charge is -2.27. The highest BCUT2D eigenvalue weighted by atomic mass is 15.1. The van der Waals surface area contributed by atoms with Crippen LogP contribution < -0.4 is 5.32 Å². The van der Waals surface area contributed by atoms with E-state index in [9.17, 15) is 0 Å². The summed E-state index contributed by atoms with van der Waals surface area (Å²) in [6.07, 6.45) is 6.57. The van der Waals surface area contributed by atoms with Gasteiger partial charge in [0, 0.05) is 6.20 Å². The molecule has 1 aliphatic heterocycles. The first kappa shape index (κ1) is 8.75. The predicted octanol–water partition coefficient (Wildman–Crippen LogP) is 1.51. The van der Waals surface area contributed by atoms with Crippen LogP contribution in [-0.2, 0) is 0 Å². The van der Waals surface area contributed by atoms with Crippen LogP contribution in [0.25, 0.3) is 0 Å². The van der Waals surface area contributed by atoms with Crippen LogP contribution in [-0.4, -0.2) is 23.3 Å². The SMILES string of the molecule is CC(c1cn[nH]c1)C1CCNCC1. The maximum absolute atomic E-state index is 4.00. The van der Waals surface area contributed by atoms with Crippen LogP contribution in [0.3, 0.4) is 0 Å². The van der Waals surface area contributed by atoms with Crippen molar-refractivity contribution in [2.24, 2.45) is 5.92 Å². The summed E-state index contributed by atoms with van der Waals surface area (Å²) in [5, 5.41) is 10.3. The Hall–Kier alpha value is -0.830. The quantitative estimate of drug-likeness (QED) is 0.722. The number of rotatable bonds is 2. The van der Waals surface area contributed by atoms with E-state index in [1.165, 1.54) is 31.5 Å². The Kier molecular flexibility index (Phi) is 2.64. The lowest BCUT2D eigenvalue weighted by atomic mass is 9.83. The van der Waals surface area contributed by atoms with Crippen LogP contribution in [0.2, 0.25) is 0 Å². The summed E-state index contributed by atoms with van der Waals surface area (Å²) in [7, 11) is 0. The van der Waals surface area contributed by atoms with Gasteiger partial charge in [0.2, 0.25) is 0 Å². The third-order valence-electron chi connectivity index (χ3n) is 3.14. The van der Waals surface area contributed by atoms with Gasteiger partial charge in [-0.3, -0.25) is 5.10 Å². The van der Waals surface area contributed by atoms with Crippen LogP contribution in [0.1, 0.15) is 31.2 Å². The molecular weight excluding hydrogens is 162 g/mol. The molecule has 2 N–H and O–H groups in total. The smallest absolute Gasteiger partial charge is 0.0522 e. The fourth-order valence-electron chi connectivity index (χ4n) is 2.13. The first-order valence-corrected chi connectivity index (χ1v) is 5.07. The van der Waals surface area contributed by atoms with Crippen LogP contribution in [0, 0.1) is 5.92 Å². The van der Waals surface area contributed by atoms with Gasteiger partial charge in [-0.25, -0.2) is 0 Å². The van der Waals surface area contributed by atoms with E-state index in [4.69, 9.17) is 0 Å². The number of aromatic nitrogens is 2. The van der Waals surface area contributed by atoms with Gasteiger partial charge in [-0.2, -0.15) is 5.10 Å². The van der Waals surface area contributed by atoms with Crippen molar-refractivity contribution >= 4 is 0 Å². The van der Waals surface area contributed by atoms with Crippen molar-refractivity contribution in [3.8, 4) is 0 Å². The second-order valence-electron chi connectivity index (χ2n) is 3.91. The van der Waals surface area contributed by atoms with E-state index in [1.807, 2.05) is 12.4 Å². The molecule has 0 radical (unpaired) electrons. The summed E-state index contributed by atoms with van der Waals surface area (Å²) in [5.74, 6) is 1.49. The van der Waals surface area contributed by atoms with Crippen molar-refractivity contribution in [2.45, 2.75) is 25.7 Å². The van der Waals surface area contributed by atoms with Crippen molar-refractivity contribution in [3.05, 3.63) is 18.0 Å². The number of piperidine rings is 1. The third kappa shape index (κ3) is 1.91.